The summed E-state index contributed by atoms with van der Waals surface area (Å²) in [6.45, 7) is 4.82. The molecule has 0 fully saturated rings. The minimum absolute atomic E-state index is 0.0354. The minimum atomic E-state index is -0.158. The van der Waals surface area contributed by atoms with Crippen LogP contribution >= 0.6 is 0 Å². The Balaban J connectivity index is 1.27. The van der Waals surface area contributed by atoms with Gasteiger partial charge in [0, 0.05) is 16.2 Å². The monoisotopic (exact) mass is 617 g/mol. The highest BCUT2D eigenvalue weighted by atomic mass is 15.3. The maximum Gasteiger partial charge on any atom is 0.110 e. The molecule has 8 aromatic rings. The predicted octanol–water partition coefficient (Wildman–Crippen LogP) is 10.8. The number of hydrogen-bond donors (Lipinski definition) is 2. The van der Waals surface area contributed by atoms with E-state index >= 15 is 0 Å². The summed E-state index contributed by atoms with van der Waals surface area (Å²) in [5, 5.41) is 15.7. The lowest BCUT2D eigenvalue weighted by atomic mass is 9.79. The van der Waals surface area contributed by atoms with Gasteiger partial charge in [0.2, 0.25) is 0 Å². The summed E-state index contributed by atoms with van der Waals surface area (Å²) >= 11 is 0. The zero-order valence-corrected chi connectivity index (χ0v) is 27.0. The molecule has 0 amide bonds. The van der Waals surface area contributed by atoms with E-state index in [0.29, 0.717) is 0 Å². The first-order valence-electron chi connectivity index (χ1n) is 16.9. The molecule has 2 heterocycles. The van der Waals surface area contributed by atoms with E-state index in [0.717, 1.165) is 5.82 Å². The maximum absolute atomic E-state index is 3.93. The largest absolute Gasteiger partial charge is 0.352 e. The Labute approximate surface area is 280 Å². The number of rotatable bonds is 3. The molecule has 2 unspecified atom stereocenters. The summed E-state index contributed by atoms with van der Waals surface area (Å²) in [5.41, 5.74) is 10.3. The Morgan fingerprint density at radius 2 is 1.12 bits per heavy atom. The van der Waals surface area contributed by atoms with E-state index in [1.165, 1.54) is 76.7 Å². The number of hydrogen-bond acceptors (Lipinski definition) is 2. The molecule has 0 radical (unpaired) electrons. The van der Waals surface area contributed by atoms with Gasteiger partial charge in [0.15, 0.2) is 0 Å². The van der Waals surface area contributed by atoms with Crippen molar-refractivity contribution in [1.29, 1.82) is 0 Å². The second kappa shape index (κ2) is 10.2. The molecule has 3 heteroatoms. The van der Waals surface area contributed by atoms with Crippen LogP contribution in [0.1, 0.15) is 48.3 Å². The van der Waals surface area contributed by atoms with Crippen LogP contribution in [-0.2, 0) is 5.41 Å². The fraction of sp³-hybridized carbons (Fsp3) is 0.111. The fourth-order valence-electron chi connectivity index (χ4n) is 8.64. The number of benzene rings is 7. The van der Waals surface area contributed by atoms with Crippen molar-refractivity contribution in [2.75, 3.05) is 0 Å². The third-order valence-corrected chi connectivity index (χ3v) is 10.8. The average molecular weight is 618 g/mol. The molecule has 2 atom stereocenters. The van der Waals surface area contributed by atoms with Crippen LogP contribution < -0.4 is 10.6 Å². The Morgan fingerprint density at radius 3 is 1.85 bits per heavy atom. The number of nitrogens with one attached hydrogen (secondary N) is 2. The Morgan fingerprint density at radius 1 is 0.542 bits per heavy atom. The molecule has 0 spiro atoms. The Kier molecular flexibility index (Phi) is 5.82. The van der Waals surface area contributed by atoms with Gasteiger partial charge < -0.3 is 5.32 Å². The zero-order chi connectivity index (χ0) is 32.0. The van der Waals surface area contributed by atoms with Crippen molar-refractivity contribution < 1.29 is 0 Å². The molecule has 7 aromatic carbocycles. The van der Waals surface area contributed by atoms with Gasteiger partial charge in [-0.05, 0) is 79.2 Å². The van der Waals surface area contributed by atoms with Gasteiger partial charge in [-0.3, -0.25) is 9.88 Å². The summed E-state index contributed by atoms with van der Waals surface area (Å²) in [4.78, 5) is 0. The van der Waals surface area contributed by atoms with Crippen LogP contribution in [-0.4, -0.2) is 4.57 Å². The van der Waals surface area contributed by atoms with Crippen molar-refractivity contribution in [2.45, 2.75) is 31.5 Å². The van der Waals surface area contributed by atoms with E-state index in [2.05, 4.69) is 181 Å². The van der Waals surface area contributed by atoms with Crippen molar-refractivity contribution in [3.05, 3.63) is 174 Å². The van der Waals surface area contributed by atoms with Crippen LogP contribution in [0.3, 0.4) is 0 Å². The highest BCUT2D eigenvalue weighted by molar-refractivity contribution is 6.20. The smallest absolute Gasteiger partial charge is 0.110 e. The molecule has 1 aliphatic heterocycles. The predicted molar refractivity (Wildman–Crippen MR) is 201 cm³/mol. The first kappa shape index (κ1) is 27.5. The SMILES string of the molecule is CC1(C)c2cc3c4ccccc4n(C4=CC(c5ccccc5)NC(c5ccccc5)N4)c3cc2-c2c1c1ccccc1c1ccccc21. The fourth-order valence-corrected chi connectivity index (χ4v) is 8.64. The van der Waals surface area contributed by atoms with E-state index in [-0.39, 0.29) is 17.6 Å². The lowest BCUT2D eigenvalue weighted by Gasteiger charge is -2.33. The van der Waals surface area contributed by atoms with Crippen LogP contribution in [0, 0.1) is 0 Å². The van der Waals surface area contributed by atoms with Crippen molar-refractivity contribution in [1.82, 2.24) is 15.2 Å². The van der Waals surface area contributed by atoms with E-state index in [4.69, 9.17) is 0 Å². The van der Waals surface area contributed by atoms with Crippen LogP contribution in [0.15, 0.2) is 152 Å². The molecule has 1 aliphatic carbocycles. The first-order valence-corrected chi connectivity index (χ1v) is 16.9. The molecular weight excluding hydrogens is 583 g/mol. The average Bonchev–Trinajstić information content (AvgIpc) is 3.59. The normalized spacial score (nSPS) is 18.2. The first-order chi connectivity index (χ1) is 23.6. The highest BCUT2D eigenvalue weighted by Crippen LogP contribution is 2.56. The summed E-state index contributed by atoms with van der Waals surface area (Å²) in [6, 6.07) is 53.3. The summed E-state index contributed by atoms with van der Waals surface area (Å²) in [5.74, 6) is 1.09. The van der Waals surface area contributed by atoms with Gasteiger partial charge in [0.25, 0.3) is 0 Å². The number of fused-ring (bicyclic) bond motifs is 11. The maximum atomic E-state index is 3.93. The molecule has 3 nitrogen and oxygen atoms in total. The van der Waals surface area contributed by atoms with Crippen LogP contribution in [0.5, 0.6) is 0 Å². The van der Waals surface area contributed by atoms with Crippen LogP contribution in [0.25, 0.3) is 60.3 Å². The van der Waals surface area contributed by atoms with Crippen LogP contribution in [0.4, 0.5) is 0 Å². The number of para-hydroxylation sites is 1. The molecule has 48 heavy (non-hydrogen) atoms. The van der Waals surface area contributed by atoms with E-state index < -0.39 is 0 Å². The van der Waals surface area contributed by atoms with Crippen molar-refractivity contribution in [3.8, 4) is 11.1 Å². The Bertz CT molecular complexity index is 2590. The molecule has 2 aliphatic rings. The topological polar surface area (TPSA) is 29.0 Å². The summed E-state index contributed by atoms with van der Waals surface area (Å²) < 4.78 is 2.46. The molecule has 0 saturated heterocycles. The highest BCUT2D eigenvalue weighted by Gasteiger charge is 2.39. The molecular formula is C45H35N3. The van der Waals surface area contributed by atoms with E-state index in [9.17, 15) is 0 Å². The molecule has 10 rings (SSSR count). The van der Waals surface area contributed by atoms with Gasteiger partial charge in [-0.2, -0.15) is 0 Å². The van der Waals surface area contributed by atoms with E-state index in [1.807, 2.05) is 0 Å². The van der Waals surface area contributed by atoms with Gasteiger partial charge >= 0.3 is 0 Å². The quantitative estimate of drug-likeness (QED) is 0.193. The minimum Gasteiger partial charge on any atom is -0.352 e. The third-order valence-electron chi connectivity index (χ3n) is 10.8. The van der Waals surface area contributed by atoms with E-state index in [1.54, 1.807) is 0 Å². The van der Waals surface area contributed by atoms with Crippen LogP contribution in [0.2, 0.25) is 0 Å². The second-order valence-electron chi connectivity index (χ2n) is 13.8. The molecule has 0 bridgehead atoms. The third kappa shape index (κ3) is 3.85. The van der Waals surface area contributed by atoms with Gasteiger partial charge in [0.05, 0.1) is 17.1 Å². The molecule has 1 aromatic heterocycles. The summed E-state index contributed by atoms with van der Waals surface area (Å²) in [7, 11) is 0. The zero-order valence-electron chi connectivity index (χ0n) is 27.0. The van der Waals surface area contributed by atoms with Crippen molar-refractivity contribution >= 4 is 49.2 Å². The number of aromatic nitrogens is 1. The van der Waals surface area contributed by atoms with Crippen molar-refractivity contribution in [3.63, 3.8) is 0 Å². The standard InChI is InChI=1S/C45H35N3/c1-45(2)37-25-35-32-21-13-14-24-39(32)48(41-27-38(28-15-5-3-6-16-28)46-44(47-41)29-17-7-4-8-18-29)40(35)26-36(37)42-33-22-11-9-19-30(33)31-20-10-12-23-34(31)43(42)45/h3-27,38,44,46-47H,1-2H3. The summed E-state index contributed by atoms with van der Waals surface area (Å²) in [6.07, 6.45) is 2.30. The van der Waals surface area contributed by atoms with Gasteiger partial charge in [-0.25, -0.2) is 0 Å². The lowest BCUT2D eigenvalue weighted by molar-refractivity contribution is 0.435. The molecule has 0 saturated carbocycles. The van der Waals surface area contributed by atoms with Gasteiger partial charge in [0.1, 0.15) is 12.0 Å². The number of nitrogens with zero attached hydrogens (tertiary/aromatic N) is 1. The van der Waals surface area contributed by atoms with Gasteiger partial charge in [-0.1, -0.05) is 141 Å². The molecule has 2 N–H and O–H groups in total. The molecule has 230 valence electrons. The van der Waals surface area contributed by atoms with Gasteiger partial charge in [-0.15, -0.1) is 0 Å². The van der Waals surface area contributed by atoms with Crippen molar-refractivity contribution in [2.24, 2.45) is 0 Å². The lowest BCUT2D eigenvalue weighted by Crippen LogP contribution is -2.40. The second-order valence-corrected chi connectivity index (χ2v) is 13.8. The Hall–Kier alpha value is -5.64.